The molecule has 0 unspecified atom stereocenters. The third-order valence-corrected chi connectivity index (χ3v) is 2.90. The first-order valence-electron chi connectivity index (χ1n) is 5.83. The van der Waals surface area contributed by atoms with E-state index in [0.717, 1.165) is 18.7 Å². The van der Waals surface area contributed by atoms with Gasteiger partial charge in [-0.3, -0.25) is 0 Å². The molecule has 0 saturated heterocycles. The summed E-state index contributed by atoms with van der Waals surface area (Å²) >= 11 is 11.9. The molecule has 4 nitrogen and oxygen atoms in total. The molecule has 19 heavy (non-hydrogen) atoms. The monoisotopic (exact) mass is 297 g/mol. The second-order valence-corrected chi connectivity index (χ2v) is 4.67. The highest BCUT2D eigenvalue weighted by Gasteiger charge is 2.06. The van der Waals surface area contributed by atoms with Crippen molar-refractivity contribution in [3.63, 3.8) is 0 Å². The van der Waals surface area contributed by atoms with E-state index in [-0.39, 0.29) is 6.01 Å². The number of rotatable bonds is 5. The highest BCUT2D eigenvalue weighted by Crippen LogP contribution is 2.30. The van der Waals surface area contributed by atoms with Gasteiger partial charge in [-0.2, -0.15) is 0 Å². The normalized spacial score (nSPS) is 10.5. The Morgan fingerprint density at radius 1 is 1.21 bits per heavy atom. The zero-order valence-corrected chi connectivity index (χ0v) is 11.9. The molecule has 0 aliphatic heterocycles. The average molecular weight is 298 g/mol. The van der Waals surface area contributed by atoms with E-state index >= 15 is 0 Å². The molecule has 0 bridgehead atoms. The number of halogens is 2. The SMILES string of the molecule is CCNCc1cnc(Oc2cc(Cl)ccc2Cl)nc1. The molecule has 2 rings (SSSR count). The largest absolute Gasteiger partial charge is 0.423 e. The van der Waals surface area contributed by atoms with Gasteiger partial charge in [-0.25, -0.2) is 9.97 Å². The lowest BCUT2D eigenvalue weighted by Crippen LogP contribution is -2.12. The van der Waals surface area contributed by atoms with E-state index in [1.54, 1.807) is 30.6 Å². The Bertz CT molecular complexity index is 546. The van der Waals surface area contributed by atoms with Crippen LogP contribution in [0.2, 0.25) is 10.0 Å². The first kappa shape index (κ1) is 14.1. The van der Waals surface area contributed by atoms with E-state index < -0.39 is 0 Å². The van der Waals surface area contributed by atoms with Gasteiger partial charge in [0.1, 0.15) is 0 Å². The number of benzene rings is 1. The predicted molar refractivity (Wildman–Crippen MR) is 75.9 cm³/mol. The summed E-state index contributed by atoms with van der Waals surface area (Å²) in [6, 6.07) is 5.22. The van der Waals surface area contributed by atoms with Crippen molar-refractivity contribution in [2.75, 3.05) is 6.54 Å². The van der Waals surface area contributed by atoms with Crippen molar-refractivity contribution in [1.29, 1.82) is 0 Å². The summed E-state index contributed by atoms with van der Waals surface area (Å²) in [5.74, 6) is 0.439. The molecule has 0 fully saturated rings. The zero-order valence-electron chi connectivity index (χ0n) is 10.4. The van der Waals surface area contributed by atoms with Crippen LogP contribution in [0.25, 0.3) is 0 Å². The minimum atomic E-state index is 0.240. The fraction of sp³-hybridized carbons (Fsp3) is 0.231. The lowest BCUT2D eigenvalue weighted by molar-refractivity contribution is 0.441. The standard InChI is InChI=1S/C13H13Cl2N3O/c1-2-16-6-9-7-17-13(18-8-9)19-12-5-10(14)3-4-11(12)15/h3-5,7-8,16H,2,6H2,1H3. The number of nitrogens with one attached hydrogen (secondary N) is 1. The van der Waals surface area contributed by atoms with Gasteiger partial charge in [0.05, 0.1) is 5.02 Å². The van der Waals surface area contributed by atoms with Crippen LogP contribution in [0.3, 0.4) is 0 Å². The Hall–Kier alpha value is -1.36. The molecule has 0 aliphatic carbocycles. The van der Waals surface area contributed by atoms with E-state index in [4.69, 9.17) is 27.9 Å². The molecule has 6 heteroatoms. The van der Waals surface area contributed by atoms with Crippen LogP contribution in [-0.4, -0.2) is 16.5 Å². The van der Waals surface area contributed by atoms with E-state index in [0.29, 0.717) is 15.8 Å². The van der Waals surface area contributed by atoms with Crippen molar-refractivity contribution in [1.82, 2.24) is 15.3 Å². The maximum atomic E-state index is 6.00. The first-order chi connectivity index (χ1) is 9.19. The average Bonchev–Trinajstić information content (AvgIpc) is 2.42. The first-order valence-corrected chi connectivity index (χ1v) is 6.59. The van der Waals surface area contributed by atoms with Crippen LogP contribution in [0.15, 0.2) is 30.6 Å². The van der Waals surface area contributed by atoms with Gasteiger partial charge in [0.2, 0.25) is 0 Å². The number of ether oxygens (including phenoxy) is 1. The third-order valence-electron chi connectivity index (χ3n) is 2.36. The maximum Gasteiger partial charge on any atom is 0.321 e. The van der Waals surface area contributed by atoms with Gasteiger partial charge in [0.15, 0.2) is 5.75 Å². The second kappa shape index (κ2) is 6.70. The summed E-state index contributed by atoms with van der Waals surface area (Å²) in [4.78, 5) is 8.25. The Morgan fingerprint density at radius 2 is 1.95 bits per heavy atom. The molecule has 0 saturated carbocycles. The molecule has 2 aromatic rings. The van der Waals surface area contributed by atoms with Crippen LogP contribution >= 0.6 is 23.2 Å². The van der Waals surface area contributed by atoms with E-state index in [2.05, 4.69) is 15.3 Å². The molecule has 100 valence electrons. The van der Waals surface area contributed by atoms with Crippen LogP contribution in [0.4, 0.5) is 0 Å². The highest BCUT2D eigenvalue weighted by atomic mass is 35.5. The van der Waals surface area contributed by atoms with Crippen LogP contribution in [0, 0.1) is 0 Å². The molecule has 1 aromatic carbocycles. The molecule has 0 aliphatic rings. The van der Waals surface area contributed by atoms with Crippen molar-refractivity contribution in [3.8, 4) is 11.8 Å². The minimum absolute atomic E-state index is 0.240. The molecule has 1 N–H and O–H groups in total. The smallest absolute Gasteiger partial charge is 0.321 e. The van der Waals surface area contributed by atoms with Crippen molar-refractivity contribution in [3.05, 3.63) is 46.2 Å². The quantitative estimate of drug-likeness (QED) is 0.914. The molecular formula is C13H13Cl2N3O. The second-order valence-electron chi connectivity index (χ2n) is 3.83. The molecule has 0 atom stereocenters. The van der Waals surface area contributed by atoms with E-state index in [9.17, 15) is 0 Å². The highest BCUT2D eigenvalue weighted by molar-refractivity contribution is 6.34. The van der Waals surface area contributed by atoms with Gasteiger partial charge < -0.3 is 10.1 Å². The summed E-state index contributed by atoms with van der Waals surface area (Å²) < 4.78 is 5.49. The summed E-state index contributed by atoms with van der Waals surface area (Å²) in [6.45, 7) is 3.67. The molecule has 1 heterocycles. The molecule has 1 aromatic heterocycles. The van der Waals surface area contributed by atoms with Crippen molar-refractivity contribution >= 4 is 23.2 Å². The summed E-state index contributed by atoms with van der Waals surface area (Å²) in [7, 11) is 0. The molecule has 0 amide bonds. The lowest BCUT2D eigenvalue weighted by Gasteiger charge is -2.06. The minimum Gasteiger partial charge on any atom is -0.423 e. The van der Waals surface area contributed by atoms with Crippen LogP contribution in [0.5, 0.6) is 11.8 Å². The summed E-state index contributed by atoms with van der Waals surface area (Å²) in [6.07, 6.45) is 3.42. The van der Waals surface area contributed by atoms with E-state index in [1.807, 2.05) is 6.92 Å². The maximum absolute atomic E-state index is 6.00. The summed E-state index contributed by atoms with van der Waals surface area (Å²) in [5.41, 5.74) is 0.992. The number of hydrogen-bond acceptors (Lipinski definition) is 4. The Kier molecular flexibility index (Phi) is 4.96. The van der Waals surface area contributed by atoms with Crippen LogP contribution < -0.4 is 10.1 Å². The lowest BCUT2D eigenvalue weighted by atomic mass is 10.3. The van der Waals surface area contributed by atoms with Gasteiger partial charge >= 0.3 is 6.01 Å². The van der Waals surface area contributed by atoms with Gasteiger partial charge in [-0.05, 0) is 18.7 Å². The van der Waals surface area contributed by atoms with Crippen LogP contribution in [-0.2, 0) is 6.54 Å². The fourth-order valence-corrected chi connectivity index (χ4v) is 1.73. The number of aromatic nitrogens is 2. The predicted octanol–water partition coefficient (Wildman–Crippen LogP) is 3.69. The van der Waals surface area contributed by atoms with Crippen molar-refractivity contribution in [2.24, 2.45) is 0 Å². The van der Waals surface area contributed by atoms with Gasteiger partial charge in [-0.1, -0.05) is 30.1 Å². The molecular weight excluding hydrogens is 285 g/mol. The number of hydrogen-bond donors (Lipinski definition) is 1. The van der Waals surface area contributed by atoms with E-state index in [1.165, 1.54) is 0 Å². The van der Waals surface area contributed by atoms with Crippen molar-refractivity contribution < 1.29 is 4.74 Å². The fourth-order valence-electron chi connectivity index (χ4n) is 1.41. The van der Waals surface area contributed by atoms with Gasteiger partial charge in [0, 0.05) is 35.6 Å². The Labute approximate surface area is 121 Å². The Morgan fingerprint density at radius 3 is 2.63 bits per heavy atom. The molecule has 0 spiro atoms. The third kappa shape index (κ3) is 4.06. The topological polar surface area (TPSA) is 47.0 Å². The van der Waals surface area contributed by atoms with Gasteiger partial charge in [-0.15, -0.1) is 0 Å². The summed E-state index contributed by atoms with van der Waals surface area (Å²) in [5, 5.41) is 4.20. The zero-order chi connectivity index (χ0) is 13.7. The van der Waals surface area contributed by atoms with Gasteiger partial charge in [0.25, 0.3) is 0 Å². The Balaban J connectivity index is 2.08. The van der Waals surface area contributed by atoms with Crippen molar-refractivity contribution in [2.45, 2.75) is 13.5 Å². The van der Waals surface area contributed by atoms with Crippen LogP contribution in [0.1, 0.15) is 12.5 Å². The number of nitrogens with zero attached hydrogens (tertiary/aromatic N) is 2. The molecule has 0 radical (unpaired) electrons.